The van der Waals surface area contributed by atoms with Crippen molar-refractivity contribution in [3.63, 3.8) is 0 Å². The zero-order chi connectivity index (χ0) is 15.9. The Morgan fingerprint density at radius 2 is 2.35 bits per heavy atom. The van der Waals surface area contributed by atoms with Crippen LogP contribution in [-0.4, -0.2) is 47.3 Å². The van der Waals surface area contributed by atoms with Crippen LogP contribution in [0.15, 0.2) is 24.5 Å². The summed E-state index contributed by atoms with van der Waals surface area (Å²) in [6.07, 6.45) is 4.34. The summed E-state index contributed by atoms with van der Waals surface area (Å²) in [5, 5.41) is 13.8. The van der Waals surface area contributed by atoms with Crippen LogP contribution in [0.2, 0.25) is 0 Å². The average molecular weight is 317 g/mol. The number of aliphatic hydroxyl groups is 1. The second-order valence-corrected chi connectivity index (χ2v) is 5.94. The first-order valence-corrected chi connectivity index (χ1v) is 7.61. The minimum absolute atomic E-state index is 0.189. The van der Waals surface area contributed by atoms with Gasteiger partial charge in [0.2, 0.25) is 12.5 Å². The molecule has 2 aliphatic rings. The molecule has 0 radical (unpaired) electrons. The largest absolute Gasteiger partial charge is 0.493 e. The van der Waals surface area contributed by atoms with Gasteiger partial charge in [-0.15, -0.1) is 0 Å². The maximum atomic E-state index is 10.6. The van der Waals surface area contributed by atoms with E-state index in [0.29, 0.717) is 30.3 Å². The molecule has 4 rings (SSSR count). The lowest BCUT2D eigenvalue weighted by Crippen LogP contribution is -2.36. The van der Waals surface area contributed by atoms with Gasteiger partial charge in [-0.3, -0.25) is 0 Å². The molecule has 2 N–H and O–H groups in total. The fourth-order valence-electron chi connectivity index (χ4n) is 3.14. The lowest BCUT2D eigenvalue weighted by atomic mass is 10.0. The predicted octanol–water partition coefficient (Wildman–Crippen LogP) is 1.01. The molecule has 0 spiro atoms. The minimum atomic E-state index is -0.740. The first kappa shape index (κ1) is 14.3. The number of aromatic nitrogens is 2. The van der Waals surface area contributed by atoms with Crippen LogP contribution in [0.3, 0.4) is 0 Å². The number of nitrogens with zero attached hydrogens (tertiary/aromatic N) is 2. The van der Waals surface area contributed by atoms with Crippen LogP contribution in [0, 0.1) is 0 Å². The number of ether oxygens (including phenoxy) is 3. The Morgan fingerprint density at radius 3 is 3.13 bits per heavy atom. The Morgan fingerprint density at radius 1 is 1.43 bits per heavy atom. The van der Waals surface area contributed by atoms with E-state index >= 15 is 0 Å². The molecule has 0 bridgehead atoms. The zero-order valence-electron chi connectivity index (χ0n) is 12.9. The van der Waals surface area contributed by atoms with Crippen molar-refractivity contribution in [2.75, 3.05) is 27.0 Å². The van der Waals surface area contributed by atoms with Gasteiger partial charge < -0.3 is 29.2 Å². The first-order valence-electron chi connectivity index (χ1n) is 7.61. The topological polar surface area (TPSA) is 77.8 Å². The average Bonchev–Trinajstić information content (AvgIpc) is 3.27. The maximum Gasteiger partial charge on any atom is 0.231 e. The van der Waals surface area contributed by atoms with E-state index in [1.807, 2.05) is 22.9 Å². The molecule has 0 aliphatic carbocycles. The summed E-state index contributed by atoms with van der Waals surface area (Å²) in [6, 6.07) is 3.77. The monoisotopic (exact) mass is 317 g/mol. The molecule has 3 heterocycles. The Balaban J connectivity index is 1.70. The number of fused-ring (bicyclic) bond motifs is 1. The molecule has 1 atom stereocenters. The van der Waals surface area contributed by atoms with E-state index in [1.54, 1.807) is 13.3 Å². The molecule has 1 aromatic carbocycles. The van der Waals surface area contributed by atoms with Crippen LogP contribution >= 0.6 is 0 Å². The third-order valence-corrected chi connectivity index (χ3v) is 4.32. The summed E-state index contributed by atoms with van der Waals surface area (Å²) < 4.78 is 18.2. The maximum absolute atomic E-state index is 10.6. The fourth-order valence-corrected chi connectivity index (χ4v) is 3.14. The van der Waals surface area contributed by atoms with Crippen molar-refractivity contribution in [2.45, 2.75) is 18.6 Å². The number of hydrogen-bond donors (Lipinski definition) is 2. The van der Waals surface area contributed by atoms with Crippen molar-refractivity contribution in [2.24, 2.45) is 0 Å². The van der Waals surface area contributed by atoms with Gasteiger partial charge in [-0.05, 0) is 25.1 Å². The Kier molecular flexibility index (Phi) is 3.39. The Labute approximate surface area is 133 Å². The second-order valence-electron chi connectivity index (χ2n) is 5.94. The van der Waals surface area contributed by atoms with E-state index < -0.39 is 5.60 Å². The molecule has 1 saturated heterocycles. The molecule has 122 valence electrons. The van der Waals surface area contributed by atoms with E-state index in [2.05, 4.69) is 10.3 Å². The third-order valence-electron chi connectivity index (χ3n) is 4.32. The molecule has 1 aromatic heterocycles. The number of nitrogens with one attached hydrogen (secondary N) is 1. The van der Waals surface area contributed by atoms with Gasteiger partial charge in [-0.1, -0.05) is 0 Å². The highest BCUT2D eigenvalue weighted by atomic mass is 16.7. The van der Waals surface area contributed by atoms with Crippen molar-refractivity contribution in [3.05, 3.63) is 24.5 Å². The molecule has 1 fully saturated rings. The molecular weight excluding hydrogens is 298 g/mol. The summed E-state index contributed by atoms with van der Waals surface area (Å²) in [7, 11) is 1.60. The molecule has 1 unspecified atom stereocenters. The van der Waals surface area contributed by atoms with Gasteiger partial charge in [-0.2, -0.15) is 0 Å². The van der Waals surface area contributed by atoms with Gasteiger partial charge in [0.05, 0.1) is 19.3 Å². The van der Waals surface area contributed by atoms with E-state index in [0.717, 1.165) is 24.4 Å². The van der Waals surface area contributed by atoms with E-state index in [9.17, 15) is 5.11 Å². The van der Waals surface area contributed by atoms with Crippen molar-refractivity contribution in [1.82, 2.24) is 14.9 Å². The second kappa shape index (κ2) is 5.43. The SMILES string of the molecule is COc1cc(-c2nccn2CC2(O)CCNC2)cc2c1OCO2. The van der Waals surface area contributed by atoms with Gasteiger partial charge in [-0.25, -0.2) is 4.98 Å². The zero-order valence-corrected chi connectivity index (χ0v) is 12.9. The van der Waals surface area contributed by atoms with Crippen molar-refractivity contribution >= 4 is 0 Å². The van der Waals surface area contributed by atoms with Crippen LogP contribution < -0.4 is 19.5 Å². The lowest BCUT2D eigenvalue weighted by molar-refractivity contribution is 0.0436. The number of benzene rings is 1. The normalized spacial score (nSPS) is 22.5. The third kappa shape index (κ3) is 2.51. The highest BCUT2D eigenvalue weighted by molar-refractivity contribution is 5.67. The summed E-state index contributed by atoms with van der Waals surface area (Å²) in [5.74, 6) is 2.65. The van der Waals surface area contributed by atoms with E-state index in [4.69, 9.17) is 14.2 Å². The van der Waals surface area contributed by atoms with Crippen LogP contribution in [0.25, 0.3) is 11.4 Å². The molecule has 23 heavy (non-hydrogen) atoms. The summed E-state index contributed by atoms with van der Waals surface area (Å²) in [6.45, 7) is 2.11. The molecule has 7 nitrogen and oxygen atoms in total. The number of rotatable bonds is 4. The van der Waals surface area contributed by atoms with E-state index in [1.165, 1.54) is 0 Å². The number of hydrogen-bond acceptors (Lipinski definition) is 6. The predicted molar refractivity (Wildman–Crippen MR) is 82.8 cm³/mol. The van der Waals surface area contributed by atoms with E-state index in [-0.39, 0.29) is 6.79 Å². The van der Waals surface area contributed by atoms with Crippen LogP contribution in [-0.2, 0) is 6.54 Å². The molecule has 2 aliphatic heterocycles. The summed E-state index contributed by atoms with van der Waals surface area (Å²) in [5.41, 5.74) is 0.126. The van der Waals surface area contributed by atoms with Gasteiger partial charge in [0.25, 0.3) is 0 Å². The van der Waals surface area contributed by atoms with Gasteiger partial charge in [0, 0.05) is 24.5 Å². The van der Waals surface area contributed by atoms with Crippen LogP contribution in [0.1, 0.15) is 6.42 Å². The minimum Gasteiger partial charge on any atom is -0.493 e. The van der Waals surface area contributed by atoms with Crippen molar-refractivity contribution in [1.29, 1.82) is 0 Å². The quantitative estimate of drug-likeness (QED) is 0.876. The lowest BCUT2D eigenvalue weighted by Gasteiger charge is -2.23. The van der Waals surface area contributed by atoms with Crippen molar-refractivity contribution in [3.8, 4) is 28.6 Å². The molecule has 0 amide bonds. The van der Waals surface area contributed by atoms with Gasteiger partial charge in [0.15, 0.2) is 11.5 Å². The molecule has 2 aromatic rings. The molecular formula is C16H19N3O4. The summed E-state index contributed by atoms with van der Waals surface area (Å²) in [4.78, 5) is 4.44. The number of imidazole rings is 1. The highest BCUT2D eigenvalue weighted by Gasteiger charge is 2.32. The number of methoxy groups -OCH3 is 1. The number of β-amino-alcohol motifs (C(OH)–C–C–N with tert-alkyl or cyclic N) is 1. The van der Waals surface area contributed by atoms with Gasteiger partial charge in [0.1, 0.15) is 5.82 Å². The molecule has 0 saturated carbocycles. The Hall–Kier alpha value is -2.25. The van der Waals surface area contributed by atoms with Crippen LogP contribution in [0.4, 0.5) is 0 Å². The Bertz CT molecular complexity index is 722. The highest BCUT2D eigenvalue weighted by Crippen LogP contribution is 2.44. The summed E-state index contributed by atoms with van der Waals surface area (Å²) >= 11 is 0. The van der Waals surface area contributed by atoms with Crippen LogP contribution in [0.5, 0.6) is 17.2 Å². The fraction of sp³-hybridized carbons (Fsp3) is 0.438. The van der Waals surface area contributed by atoms with Gasteiger partial charge >= 0.3 is 0 Å². The van der Waals surface area contributed by atoms with Crippen molar-refractivity contribution < 1.29 is 19.3 Å². The smallest absolute Gasteiger partial charge is 0.231 e. The standard InChI is InChI=1S/C16H19N3O4/c1-21-12-6-11(7-13-14(12)23-10-22-13)15-18-4-5-19(15)9-16(20)2-3-17-8-16/h4-7,17,20H,2-3,8-10H2,1H3. The molecule has 7 heteroatoms. The first-order chi connectivity index (χ1) is 11.2.